The molecule has 212 valence electrons. The second-order valence-corrected chi connectivity index (χ2v) is 11.8. The van der Waals surface area contributed by atoms with Crippen LogP contribution < -0.4 is 5.32 Å². The van der Waals surface area contributed by atoms with Gasteiger partial charge >= 0.3 is 12.2 Å². The molecule has 0 saturated carbocycles. The van der Waals surface area contributed by atoms with Gasteiger partial charge in [-0.1, -0.05) is 17.7 Å². The Labute approximate surface area is 220 Å². The molecule has 0 aliphatic rings. The van der Waals surface area contributed by atoms with Crippen LogP contribution in [0.4, 0.5) is 9.59 Å². The van der Waals surface area contributed by atoms with Gasteiger partial charge < -0.3 is 29.2 Å². The number of nitrogens with zero attached hydrogens (tertiary/aromatic N) is 1. The minimum Gasteiger partial charge on any atom is -0.444 e. The van der Waals surface area contributed by atoms with Gasteiger partial charge in [0.25, 0.3) is 10.1 Å². The fourth-order valence-electron chi connectivity index (χ4n) is 2.70. The number of amides is 2. The second kappa shape index (κ2) is 15.1. The van der Waals surface area contributed by atoms with Gasteiger partial charge in [-0.3, -0.25) is 4.18 Å². The van der Waals surface area contributed by atoms with Gasteiger partial charge in [0, 0.05) is 19.6 Å². The molecule has 1 aromatic carbocycles. The van der Waals surface area contributed by atoms with E-state index in [4.69, 9.17) is 23.1 Å². The summed E-state index contributed by atoms with van der Waals surface area (Å²) in [5.74, 6) is 0. The molecule has 1 N–H and O–H groups in total. The lowest BCUT2D eigenvalue weighted by Crippen LogP contribution is -2.43. The Morgan fingerprint density at radius 1 is 0.811 bits per heavy atom. The summed E-state index contributed by atoms with van der Waals surface area (Å²) in [5.41, 5.74) is -0.335. The molecule has 0 aliphatic carbocycles. The van der Waals surface area contributed by atoms with E-state index in [0.717, 1.165) is 5.56 Å². The minimum atomic E-state index is -3.83. The Kier molecular flexibility index (Phi) is 13.3. The van der Waals surface area contributed by atoms with Crippen molar-refractivity contribution in [1.29, 1.82) is 0 Å². The summed E-state index contributed by atoms with van der Waals surface area (Å²) in [7, 11) is -3.83. The van der Waals surface area contributed by atoms with Gasteiger partial charge in [0.2, 0.25) is 0 Å². The predicted octanol–water partition coefficient (Wildman–Crippen LogP) is 3.50. The van der Waals surface area contributed by atoms with E-state index in [1.54, 1.807) is 53.7 Å². The topological polar surface area (TPSA) is 130 Å². The molecule has 0 unspecified atom stereocenters. The van der Waals surface area contributed by atoms with Gasteiger partial charge in [-0.25, -0.2) is 9.59 Å². The number of nitrogens with one attached hydrogen (secondary N) is 1. The van der Waals surface area contributed by atoms with Crippen molar-refractivity contribution in [2.45, 2.75) is 64.6 Å². The van der Waals surface area contributed by atoms with Crippen LogP contribution in [0.1, 0.15) is 47.1 Å². The number of aryl methyl sites for hydroxylation is 1. The number of carbonyl (C=O) groups excluding carboxylic acids is 2. The highest BCUT2D eigenvalue weighted by atomic mass is 32.2. The molecule has 0 aromatic heterocycles. The number of carbonyl (C=O) groups is 2. The van der Waals surface area contributed by atoms with Crippen LogP contribution in [0.3, 0.4) is 0 Å². The van der Waals surface area contributed by atoms with Gasteiger partial charge in [0.1, 0.15) is 11.2 Å². The van der Waals surface area contributed by atoms with E-state index >= 15 is 0 Å². The fraction of sp³-hybridized carbons (Fsp3) is 0.680. The van der Waals surface area contributed by atoms with Crippen LogP contribution in [0.25, 0.3) is 0 Å². The highest BCUT2D eigenvalue weighted by Crippen LogP contribution is 2.13. The van der Waals surface area contributed by atoms with Crippen LogP contribution in [0.15, 0.2) is 29.2 Å². The Morgan fingerprint density at radius 3 is 1.92 bits per heavy atom. The Morgan fingerprint density at radius 2 is 1.35 bits per heavy atom. The molecule has 1 aromatic rings. The molecule has 0 atom stereocenters. The van der Waals surface area contributed by atoms with Crippen molar-refractivity contribution in [2.75, 3.05) is 52.7 Å². The summed E-state index contributed by atoms with van der Waals surface area (Å²) >= 11 is 0. The smallest absolute Gasteiger partial charge is 0.410 e. The molecule has 11 nitrogen and oxygen atoms in total. The van der Waals surface area contributed by atoms with Gasteiger partial charge in [-0.2, -0.15) is 8.42 Å². The highest BCUT2D eigenvalue weighted by Gasteiger charge is 2.22. The summed E-state index contributed by atoms with van der Waals surface area (Å²) in [6.07, 6.45) is -1.09. The maximum absolute atomic E-state index is 12.5. The molecule has 0 fully saturated rings. The zero-order valence-electron chi connectivity index (χ0n) is 23.0. The van der Waals surface area contributed by atoms with Crippen LogP contribution >= 0.6 is 0 Å². The first-order valence-electron chi connectivity index (χ1n) is 12.2. The molecule has 0 saturated heterocycles. The second-order valence-electron chi connectivity index (χ2n) is 10.2. The van der Waals surface area contributed by atoms with Crippen molar-refractivity contribution in [2.24, 2.45) is 0 Å². The van der Waals surface area contributed by atoms with E-state index in [1.807, 2.05) is 6.92 Å². The lowest BCUT2D eigenvalue weighted by atomic mass is 10.2. The minimum absolute atomic E-state index is 0.0782. The molecule has 12 heteroatoms. The molecule has 0 heterocycles. The number of hydrogen-bond donors (Lipinski definition) is 1. The van der Waals surface area contributed by atoms with E-state index in [9.17, 15) is 18.0 Å². The SMILES string of the molecule is Cc1ccc(S(=O)(=O)OCCOCCOCCN(CCNC(=O)OC(C)(C)C)C(=O)OC(C)(C)C)cc1. The third-order valence-corrected chi connectivity index (χ3v) is 5.68. The number of hydrogen-bond acceptors (Lipinski definition) is 9. The van der Waals surface area contributed by atoms with E-state index in [1.165, 1.54) is 17.0 Å². The highest BCUT2D eigenvalue weighted by molar-refractivity contribution is 7.86. The molecule has 0 bridgehead atoms. The van der Waals surface area contributed by atoms with Crippen LogP contribution in [0.5, 0.6) is 0 Å². The first-order valence-corrected chi connectivity index (χ1v) is 13.6. The summed E-state index contributed by atoms with van der Waals surface area (Å²) in [6.45, 7) is 13.7. The summed E-state index contributed by atoms with van der Waals surface area (Å²) in [6, 6.07) is 6.39. The first kappa shape index (κ1) is 32.6. The molecular weight excluding hydrogens is 504 g/mol. The monoisotopic (exact) mass is 546 g/mol. The quantitative estimate of drug-likeness (QED) is 0.275. The lowest BCUT2D eigenvalue weighted by molar-refractivity contribution is 0.00842. The van der Waals surface area contributed by atoms with Crippen molar-refractivity contribution < 1.29 is 41.1 Å². The van der Waals surface area contributed by atoms with Crippen molar-refractivity contribution in [1.82, 2.24) is 10.2 Å². The normalized spacial score (nSPS) is 12.2. The van der Waals surface area contributed by atoms with Crippen molar-refractivity contribution in [3.8, 4) is 0 Å². The third-order valence-electron chi connectivity index (χ3n) is 4.36. The largest absolute Gasteiger partial charge is 0.444 e. The molecule has 0 aliphatic heterocycles. The van der Waals surface area contributed by atoms with E-state index in [2.05, 4.69) is 5.32 Å². The average Bonchev–Trinajstić information content (AvgIpc) is 2.74. The van der Waals surface area contributed by atoms with Gasteiger partial charge in [-0.15, -0.1) is 0 Å². The van der Waals surface area contributed by atoms with Crippen LogP contribution in [-0.4, -0.2) is 89.4 Å². The number of alkyl carbamates (subject to hydrolysis) is 1. The maximum atomic E-state index is 12.5. The zero-order chi connectivity index (χ0) is 28.1. The number of benzene rings is 1. The van der Waals surface area contributed by atoms with Crippen LogP contribution in [0, 0.1) is 6.92 Å². The number of ether oxygens (including phenoxy) is 4. The fourth-order valence-corrected chi connectivity index (χ4v) is 3.59. The standard InChI is InChI=1S/C25H42N2O9S/c1-20-8-10-21(11-9-20)37(30,31)34-19-18-33-17-16-32-15-14-27(23(29)36-25(5,6)7)13-12-26-22(28)35-24(2,3)4/h8-11H,12-19H2,1-7H3,(H,26,28). The van der Waals surface area contributed by atoms with E-state index in [0.29, 0.717) is 0 Å². The van der Waals surface area contributed by atoms with Gasteiger partial charge in [0.05, 0.1) is 37.9 Å². The van der Waals surface area contributed by atoms with Crippen molar-refractivity contribution in [3.63, 3.8) is 0 Å². The summed E-state index contributed by atoms with van der Waals surface area (Å²) < 4.78 is 50.7. The van der Waals surface area contributed by atoms with Gasteiger partial charge in [-0.05, 0) is 60.6 Å². The summed E-state index contributed by atoms with van der Waals surface area (Å²) in [4.78, 5) is 25.9. The molecular formula is C25H42N2O9S. The number of rotatable bonds is 14. The Bertz CT molecular complexity index is 936. The Hall–Kier alpha value is -2.41. The molecule has 1 rings (SSSR count). The predicted molar refractivity (Wildman–Crippen MR) is 138 cm³/mol. The van der Waals surface area contributed by atoms with Gasteiger partial charge in [0.15, 0.2) is 0 Å². The maximum Gasteiger partial charge on any atom is 0.410 e. The average molecular weight is 547 g/mol. The Balaban J connectivity index is 2.32. The molecule has 0 radical (unpaired) electrons. The zero-order valence-corrected chi connectivity index (χ0v) is 23.8. The van der Waals surface area contributed by atoms with Crippen molar-refractivity contribution >= 4 is 22.3 Å². The van der Waals surface area contributed by atoms with Crippen LogP contribution in [0.2, 0.25) is 0 Å². The molecule has 2 amide bonds. The van der Waals surface area contributed by atoms with Crippen molar-refractivity contribution in [3.05, 3.63) is 29.8 Å². The van der Waals surface area contributed by atoms with Crippen LogP contribution in [-0.2, 0) is 33.2 Å². The third kappa shape index (κ3) is 15.4. The summed E-state index contributed by atoms with van der Waals surface area (Å²) in [5, 5.41) is 2.61. The molecule has 37 heavy (non-hydrogen) atoms. The van der Waals surface area contributed by atoms with E-state index in [-0.39, 0.29) is 57.6 Å². The van der Waals surface area contributed by atoms with E-state index < -0.39 is 33.5 Å². The molecule has 0 spiro atoms. The first-order chi connectivity index (χ1) is 17.1. The lowest BCUT2D eigenvalue weighted by Gasteiger charge is -2.27.